The molecule has 3 heterocycles. The van der Waals surface area contributed by atoms with Crippen molar-refractivity contribution < 1.29 is 36.6 Å². The number of aromatic nitrogens is 3. The summed E-state index contributed by atoms with van der Waals surface area (Å²) in [4.78, 5) is -0.187. The molecule has 0 bridgehead atoms. The quantitative estimate of drug-likeness (QED) is 0.186. The number of hydrogen-bond donors (Lipinski definition) is 2. The highest BCUT2D eigenvalue weighted by atomic mass is 32.2. The Hall–Kier alpha value is -4.01. The average molecular weight is 642 g/mol. The molecule has 14 heteroatoms. The lowest BCUT2D eigenvalue weighted by atomic mass is 9.97. The van der Waals surface area contributed by atoms with E-state index in [0.717, 1.165) is 44.4 Å². The van der Waals surface area contributed by atoms with Crippen LogP contribution in [0.2, 0.25) is 0 Å². The van der Waals surface area contributed by atoms with Gasteiger partial charge in [0.1, 0.15) is 17.2 Å². The van der Waals surface area contributed by atoms with Gasteiger partial charge in [-0.1, -0.05) is 5.16 Å². The lowest BCUT2D eigenvalue weighted by molar-refractivity contribution is -0.0409. The lowest BCUT2D eigenvalue weighted by Gasteiger charge is -2.25. The third-order valence-electron chi connectivity index (χ3n) is 8.41. The number of fused-ring (bicyclic) bond motifs is 1. The molecule has 0 spiro atoms. The van der Waals surface area contributed by atoms with E-state index >= 15 is 0 Å². The molecule has 2 aromatic carbocycles. The minimum Gasteiger partial charge on any atom is -0.495 e. The van der Waals surface area contributed by atoms with Gasteiger partial charge in [0.25, 0.3) is 10.0 Å². The number of sulfonamides is 1. The zero-order valence-corrected chi connectivity index (χ0v) is 27.1. The number of nitrogens with zero attached hydrogens (tertiary/aromatic N) is 3. The normalized spacial score (nSPS) is 17.3. The maximum absolute atomic E-state index is 13.8. The van der Waals surface area contributed by atoms with Crippen molar-refractivity contribution in [2.45, 2.75) is 68.6 Å². The summed E-state index contributed by atoms with van der Waals surface area (Å²) in [6.07, 6.45) is 5.30. The van der Waals surface area contributed by atoms with Gasteiger partial charge in [-0.15, -0.1) is 0 Å². The summed E-state index contributed by atoms with van der Waals surface area (Å²) in [5.74, 6) is 1.74. The van der Waals surface area contributed by atoms with Gasteiger partial charge in [-0.2, -0.15) is 5.10 Å². The topological polar surface area (TPSA) is 148 Å². The van der Waals surface area contributed by atoms with Gasteiger partial charge in [0, 0.05) is 37.5 Å². The number of ether oxygens (including phenoxy) is 5. The van der Waals surface area contributed by atoms with Crippen molar-refractivity contribution in [2.24, 2.45) is 0 Å². The molecule has 4 aromatic rings. The Morgan fingerprint density at radius 1 is 0.933 bits per heavy atom. The fourth-order valence-corrected chi connectivity index (χ4v) is 6.85. The van der Waals surface area contributed by atoms with Crippen molar-refractivity contribution in [1.29, 1.82) is 0 Å². The zero-order valence-electron chi connectivity index (χ0n) is 26.3. The Bertz CT molecular complexity index is 1780. The molecule has 0 amide bonds. The fourth-order valence-electron chi connectivity index (χ4n) is 5.53. The molecule has 1 saturated carbocycles. The summed E-state index contributed by atoms with van der Waals surface area (Å²) in [5.41, 5.74) is 2.04. The summed E-state index contributed by atoms with van der Waals surface area (Å²) in [6.45, 7) is 4.44. The minimum atomic E-state index is -4.27. The first kappa shape index (κ1) is 31.0. The molecule has 1 unspecified atom stereocenters. The highest BCUT2D eigenvalue weighted by Crippen LogP contribution is 2.44. The molecular weight excluding hydrogens is 602 g/mol. The summed E-state index contributed by atoms with van der Waals surface area (Å²) < 4.78 is 65.9. The van der Waals surface area contributed by atoms with E-state index < -0.39 is 15.6 Å². The Balaban J connectivity index is 1.31. The third-order valence-corrected chi connectivity index (χ3v) is 9.81. The van der Waals surface area contributed by atoms with Gasteiger partial charge in [-0.25, -0.2) is 13.1 Å². The van der Waals surface area contributed by atoms with Crippen molar-refractivity contribution >= 4 is 38.3 Å². The Morgan fingerprint density at radius 2 is 1.64 bits per heavy atom. The Kier molecular flexibility index (Phi) is 8.31. The van der Waals surface area contributed by atoms with Crippen molar-refractivity contribution in [2.75, 3.05) is 45.1 Å². The number of rotatable bonds is 12. The standard InChI is InChI=1S/C31H39N5O8S/c1-31(2,42-6)19-13-25(40-4)29(26(14-19)41-5)45(37,38)35-30-20-15-24(39-3)21(16-23(20)44-34-30)32-27-17-22(18-10-11-18)36(33-27)28-9-7-8-12-43-28/h13-18,28H,7-12H2,1-6H3,(H,32,33)(H,34,35). The molecule has 242 valence electrons. The predicted molar refractivity (Wildman–Crippen MR) is 167 cm³/mol. The Morgan fingerprint density at radius 3 is 2.24 bits per heavy atom. The molecule has 2 aliphatic rings. The lowest BCUT2D eigenvalue weighted by Crippen LogP contribution is -2.21. The second-order valence-corrected chi connectivity index (χ2v) is 13.3. The molecule has 2 N–H and O–H groups in total. The predicted octanol–water partition coefficient (Wildman–Crippen LogP) is 6.05. The van der Waals surface area contributed by atoms with E-state index in [0.29, 0.717) is 39.7 Å². The van der Waals surface area contributed by atoms with Gasteiger partial charge < -0.3 is 33.5 Å². The van der Waals surface area contributed by atoms with Gasteiger partial charge >= 0.3 is 0 Å². The van der Waals surface area contributed by atoms with Crippen LogP contribution in [0.3, 0.4) is 0 Å². The molecule has 1 atom stereocenters. The smallest absolute Gasteiger partial charge is 0.270 e. The first-order valence-electron chi connectivity index (χ1n) is 14.9. The van der Waals surface area contributed by atoms with Crippen molar-refractivity contribution in [3.05, 3.63) is 41.6 Å². The molecular formula is C31H39N5O8S. The van der Waals surface area contributed by atoms with Gasteiger partial charge in [0.05, 0.1) is 38.0 Å². The highest BCUT2D eigenvalue weighted by molar-refractivity contribution is 7.93. The van der Waals surface area contributed by atoms with Gasteiger partial charge in [0.2, 0.25) is 0 Å². The van der Waals surface area contributed by atoms with E-state index in [1.54, 1.807) is 31.4 Å². The number of anilines is 3. The van der Waals surface area contributed by atoms with E-state index in [1.807, 2.05) is 18.5 Å². The molecule has 13 nitrogen and oxygen atoms in total. The van der Waals surface area contributed by atoms with Crippen molar-refractivity contribution in [1.82, 2.24) is 14.9 Å². The average Bonchev–Trinajstić information content (AvgIpc) is 3.71. The second kappa shape index (κ2) is 12.1. The molecule has 0 radical (unpaired) electrons. The van der Waals surface area contributed by atoms with Crippen LogP contribution in [0.15, 0.2) is 39.8 Å². The van der Waals surface area contributed by atoms with Crippen LogP contribution in [-0.4, -0.2) is 58.4 Å². The largest absolute Gasteiger partial charge is 0.495 e. The number of nitrogens with one attached hydrogen (secondary N) is 2. The monoisotopic (exact) mass is 641 g/mol. The first-order chi connectivity index (χ1) is 21.6. The maximum atomic E-state index is 13.8. The van der Waals surface area contributed by atoms with Gasteiger partial charge in [-0.05, 0) is 69.7 Å². The van der Waals surface area contributed by atoms with E-state index in [-0.39, 0.29) is 28.4 Å². The van der Waals surface area contributed by atoms with E-state index in [4.69, 9.17) is 33.3 Å². The SMILES string of the molecule is COc1cc2c(NS(=O)(=O)c3c(OC)cc(C(C)(C)OC)cc3OC)noc2cc1Nc1cc(C2CC2)n(C2CCCCO2)n1. The number of methoxy groups -OCH3 is 4. The van der Waals surface area contributed by atoms with Crippen LogP contribution in [0.4, 0.5) is 17.3 Å². The third kappa shape index (κ3) is 6.01. The van der Waals surface area contributed by atoms with E-state index in [9.17, 15) is 8.42 Å². The van der Waals surface area contributed by atoms with Gasteiger partial charge in [-0.3, -0.25) is 4.72 Å². The molecule has 2 fully saturated rings. The van der Waals surface area contributed by atoms with Crippen LogP contribution in [-0.2, 0) is 25.1 Å². The second-order valence-electron chi connectivity index (χ2n) is 11.7. The molecule has 6 rings (SSSR count). The zero-order chi connectivity index (χ0) is 31.9. The first-order valence-corrected chi connectivity index (χ1v) is 16.4. The van der Waals surface area contributed by atoms with Crippen LogP contribution >= 0.6 is 0 Å². The highest BCUT2D eigenvalue weighted by Gasteiger charge is 2.33. The van der Waals surface area contributed by atoms with Crippen LogP contribution in [0.1, 0.15) is 69.4 Å². The summed E-state index contributed by atoms with van der Waals surface area (Å²) in [7, 11) is 1.62. The minimum absolute atomic E-state index is 0.0185. The summed E-state index contributed by atoms with van der Waals surface area (Å²) in [6, 6.07) is 8.64. The fraction of sp³-hybridized carbons (Fsp3) is 0.484. The molecule has 45 heavy (non-hydrogen) atoms. The molecule has 1 aliphatic heterocycles. The Labute approximate surface area is 262 Å². The van der Waals surface area contributed by atoms with E-state index in [2.05, 4.69) is 21.3 Å². The van der Waals surface area contributed by atoms with Crippen LogP contribution < -0.4 is 24.2 Å². The van der Waals surface area contributed by atoms with Crippen LogP contribution in [0.5, 0.6) is 17.2 Å². The molecule has 1 aliphatic carbocycles. The maximum Gasteiger partial charge on any atom is 0.270 e. The van der Waals surface area contributed by atoms with Crippen LogP contribution in [0.25, 0.3) is 11.0 Å². The number of hydrogen-bond acceptors (Lipinski definition) is 11. The summed E-state index contributed by atoms with van der Waals surface area (Å²) in [5, 5.41) is 12.6. The molecule has 1 saturated heterocycles. The summed E-state index contributed by atoms with van der Waals surface area (Å²) >= 11 is 0. The molecule has 2 aromatic heterocycles. The van der Waals surface area contributed by atoms with Crippen molar-refractivity contribution in [3.8, 4) is 17.2 Å². The van der Waals surface area contributed by atoms with Crippen LogP contribution in [0, 0.1) is 0 Å². The van der Waals surface area contributed by atoms with E-state index in [1.165, 1.54) is 21.3 Å². The van der Waals surface area contributed by atoms with Crippen molar-refractivity contribution in [3.63, 3.8) is 0 Å². The number of benzene rings is 2. The van der Waals surface area contributed by atoms with Gasteiger partial charge in [0.15, 0.2) is 28.3 Å².